The van der Waals surface area contributed by atoms with Gasteiger partial charge in [0.1, 0.15) is 11.3 Å². The molecule has 0 radical (unpaired) electrons. The predicted molar refractivity (Wildman–Crippen MR) is 121 cm³/mol. The first kappa shape index (κ1) is 7.06. The van der Waals surface area contributed by atoms with Crippen LogP contribution in [0.1, 0.15) is 125 Å². The van der Waals surface area contributed by atoms with Crippen molar-refractivity contribution in [2.75, 3.05) is 0 Å². The Kier molecular flexibility index (Phi) is 2.05. The van der Waals surface area contributed by atoms with E-state index in [-0.39, 0.29) is 4.57 Å². The number of H-pyrrole nitrogens is 1. The summed E-state index contributed by atoms with van der Waals surface area (Å²) in [7, 11) is 0. The number of aliphatic carboxylic acids is 1. The molecule has 1 fully saturated rings. The largest absolute Gasteiger partial charge is 0.481 e. The molecular weight excluding hydrogens is 396 g/mol. The number of rotatable bonds is 9. The highest BCUT2D eigenvalue weighted by Gasteiger charge is 2.42. The second-order valence-corrected chi connectivity index (χ2v) is 6.46. The molecule has 0 bridgehead atoms. The van der Waals surface area contributed by atoms with Gasteiger partial charge in [-0.05, 0) is 50.0 Å². The van der Waals surface area contributed by atoms with Crippen molar-refractivity contribution in [1.82, 2.24) is 19.1 Å². The Bertz CT molecular complexity index is 2010. The fourth-order valence-corrected chi connectivity index (χ4v) is 2.74. The molecule has 2 aromatic rings. The standard InChI is InChI=1S/C23H36N4O4/c1-5-14-26-18-17(19(30)27(15-6-2)21(26)31)24-20(25-18)22(4)10-12-23(7-3,13-11-22)9-8-16(28)29/h5-15H2,1-4H3,(H,24,25)(H,28,29)/i1D3,3D2,5D2,6D2,7D2,8D2,9D2,10D2,11D2,12D2,13D2,14D2. The molecule has 2 N–H and O–H groups in total. The number of aromatic amines is 1. The Balaban J connectivity index is 2.78. The Morgan fingerprint density at radius 2 is 2.03 bits per heavy atom. The van der Waals surface area contributed by atoms with Crippen LogP contribution in [0, 0.1) is 5.41 Å². The van der Waals surface area contributed by atoms with Crippen LogP contribution in [0.5, 0.6) is 0 Å². The van der Waals surface area contributed by atoms with E-state index in [0.717, 1.165) is 6.92 Å². The van der Waals surface area contributed by atoms with Crippen molar-refractivity contribution in [3.63, 3.8) is 0 Å². The first-order valence-electron chi connectivity index (χ1n) is 21.3. The Morgan fingerprint density at radius 1 is 1.29 bits per heavy atom. The molecule has 1 aliphatic carbocycles. The molecule has 3 rings (SSSR count). The van der Waals surface area contributed by atoms with Gasteiger partial charge in [-0.15, -0.1) is 0 Å². The third kappa shape index (κ3) is 4.34. The van der Waals surface area contributed by atoms with Crippen LogP contribution in [0.2, 0.25) is 0 Å². The van der Waals surface area contributed by atoms with Gasteiger partial charge in [0.15, 0.2) is 5.65 Å². The summed E-state index contributed by atoms with van der Waals surface area (Å²) in [5.74, 6) is -4.35. The van der Waals surface area contributed by atoms with E-state index in [1.165, 1.54) is 0 Å². The lowest BCUT2D eigenvalue weighted by molar-refractivity contribution is -0.137. The molecule has 2 aromatic heterocycles. The molecule has 8 nitrogen and oxygen atoms in total. The topological polar surface area (TPSA) is 110 Å². The minimum atomic E-state index is -5.00. The van der Waals surface area contributed by atoms with Gasteiger partial charge in [0.2, 0.25) is 0 Å². The van der Waals surface area contributed by atoms with E-state index >= 15 is 0 Å². The highest BCUT2D eigenvalue weighted by molar-refractivity contribution is 5.70. The first-order valence-corrected chi connectivity index (χ1v) is 8.61. The summed E-state index contributed by atoms with van der Waals surface area (Å²) in [6.07, 6.45) is -39.4. The van der Waals surface area contributed by atoms with Gasteiger partial charge in [0.05, 0.1) is 0 Å². The number of nitrogens with zero attached hydrogens (tertiary/aromatic N) is 3. The second kappa shape index (κ2) is 9.01. The molecule has 0 aliphatic heterocycles. The highest BCUT2D eigenvalue weighted by Crippen LogP contribution is 2.50. The zero-order valence-corrected chi connectivity index (χ0v) is 16.3. The van der Waals surface area contributed by atoms with E-state index in [4.69, 9.17) is 34.3 Å². The lowest BCUT2D eigenvalue weighted by Gasteiger charge is -2.44. The smallest absolute Gasteiger partial charge is 0.332 e. The van der Waals surface area contributed by atoms with Crippen LogP contribution in [-0.4, -0.2) is 30.2 Å². The van der Waals surface area contributed by atoms with Crippen molar-refractivity contribution < 1.29 is 44.2 Å². The molecular formula is C23H36N4O4. The van der Waals surface area contributed by atoms with Crippen molar-refractivity contribution >= 4 is 17.1 Å². The van der Waals surface area contributed by atoms with Gasteiger partial charge in [-0.2, -0.15) is 0 Å². The van der Waals surface area contributed by atoms with Crippen LogP contribution < -0.4 is 11.2 Å². The molecule has 1 saturated carbocycles. The lowest BCUT2D eigenvalue weighted by Crippen LogP contribution is -2.40. The fraction of sp³-hybridized carbons (Fsp3) is 0.739. The summed E-state index contributed by atoms with van der Waals surface area (Å²) < 4.78 is 210. The number of imidazole rings is 1. The van der Waals surface area contributed by atoms with Gasteiger partial charge in [-0.25, -0.2) is 9.78 Å². The molecule has 8 heteroatoms. The number of carboxylic acids is 1. The number of carbonyl (C=O) groups is 1. The molecule has 0 aromatic carbocycles. The van der Waals surface area contributed by atoms with Crippen LogP contribution in [0.4, 0.5) is 0 Å². The maximum atomic E-state index is 13.8. The van der Waals surface area contributed by atoms with Gasteiger partial charge in [0, 0.05) is 59.1 Å². The van der Waals surface area contributed by atoms with Crippen LogP contribution in [0.25, 0.3) is 11.2 Å². The Hall–Kier alpha value is -2.38. The molecule has 0 unspecified atom stereocenters. The molecule has 172 valence electrons. The van der Waals surface area contributed by atoms with Crippen molar-refractivity contribution in [3.05, 3.63) is 26.7 Å². The van der Waals surface area contributed by atoms with Gasteiger partial charge in [0.25, 0.3) is 5.56 Å². The van der Waals surface area contributed by atoms with Gasteiger partial charge >= 0.3 is 11.7 Å². The van der Waals surface area contributed by atoms with E-state index in [1.807, 2.05) is 4.98 Å². The average Bonchev–Trinajstić information content (AvgIpc) is 3.41. The Labute approximate surface area is 217 Å². The molecule has 0 saturated heterocycles. The SMILES string of the molecule is [2H]C([2H])C([2H])([2H])C1(C([2H])([2H])C([2H])([2H])C(=O)O)C([2H])([2H])C([2H])([2H])C(C)(c2nc3c([nH]2)c(=O)n(CC([2H])([2H])C)c(=O)n3C([2H])([2H])C([2H])([2H])C([2H])([2H])[2H])C([2H])([2H])C1([2H])[2H]. The zero-order chi connectivity index (χ0) is 44.8. The first-order chi connectivity index (χ1) is 24.3. The molecule has 31 heavy (non-hydrogen) atoms. The van der Waals surface area contributed by atoms with Gasteiger partial charge < -0.3 is 10.1 Å². The van der Waals surface area contributed by atoms with Crippen LogP contribution in [-0.2, 0) is 23.3 Å². The average molecular weight is 458 g/mol. The van der Waals surface area contributed by atoms with Gasteiger partial charge in [-0.1, -0.05) is 33.9 Å². The molecule has 1 aliphatic rings. The summed E-state index contributed by atoms with van der Waals surface area (Å²) in [6, 6.07) is 0. The Morgan fingerprint density at radius 3 is 2.65 bits per heavy atom. The second-order valence-electron chi connectivity index (χ2n) is 6.46. The summed E-state index contributed by atoms with van der Waals surface area (Å²) in [4.78, 5) is 45.4. The number of aromatic nitrogens is 4. The normalized spacial score (nSPS) is 45.7. The van der Waals surface area contributed by atoms with Gasteiger partial charge in [-0.3, -0.25) is 18.7 Å². The number of aryl methyl sites for hydroxylation is 1. The fourth-order valence-electron chi connectivity index (χ4n) is 2.74. The van der Waals surface area contributed by atoms with Crippen molar-refractivity contribution in [1.29, 1.82) is 0 Å². The van der Waals surface area contributed by atoms with Crippen molar-refractivity contribution in [2.24, 2.45) is 5.41 Å². The number of carboxylic acid groups (broad SMARTS) is 1. The monoisotopic (exact) mass is 457 g/mol. The molecule has 2 heterocycles. The number of hydrogen-bond acceptors (Lipinski definition) is 4. The van der Waals surface area contributed by atoms with Crippen molar-refractivity contribution in [3.8, 4) is 0 Å². The van der Waals surface area contributed by atoms with E-state index in [1.54, 1.807) is 0 Å². The van der Waals surface area contributed by atoms with E-state index < -0.39 is 134 Å². The number of nitrogens with one attached hydrogen (secondary N) is 1. The zero-order valence-electron chi connectivity index (χ0n) is 41.3. The number of fused-ring (bicyclic) bond motifs is 1. The van der Waals surface area contributed by atoms with Crippen molar-refractivity contribution in [2.45, 2.75) is 103 Å². The van der Waals surface area contributed by atoms with Crippen LogP contribution in [0.15, 0.2) is 9.59 Å². The molecule has 0 atom stereocenters. The minimum absolute atomic E-state index is 0.0620. The molecule has 0 amide bonds. The maximum Gasteiger partial charge on any atom is 0.332 e. The summed E-state index contributed by atoms with van der Waals surface area (Å²) in [5, 5.41) is 9.67. The predicted octanol–water partition coefficient (Wildman–Crippen LogP) is 3.80. The quantitative estimate of drug-likeness (QED) is 0.595. The molecule has 0 spiro atoms. The maximum absolute atomic E-state index is 13.8. The third-order valence-corrected chi connectivity index (χ3v) is 4.31. The highest BCUT2D eigenvalue weighted by atomic mass is 16.4. The van der Waals surface area contributed by atoms with Crippen LogP contribution >= 0.6 is 0 Å². The van der Waals surface area contributed by atoms with E-state index in [2.05, 4.69) is 4.98 Å². The summed E-state index contributed by atoms with van der Waals surface area (Å²) in [6.45, 7) is -11.5. The third-order valence-electron chi connectivity index (χ3n) is 4.31. The van der Waals surface area contributed by atoms with E-state index in [0.29, 0.717) is 6.92 Å². The van der Waals surface area contributed by atoms with E-state index in [9.17, 15) is 19.5 Å². The lowest BCUT2D eigenvalue weighted by atomic mass is 9.61. The number of hydrogen-bond donors (Lipinski definition) is 2. The van der Waals surface area contributed by atoms with Crippen LogP contribution in [0.3, 0.4) is 0 Å². The summed E-state index contributed by atoms with van der Waals surface area (Å²) >= 11 is 0. The minimum Gasteiger partial charge on any atom is -0.481 e. The summed E-state index contributed by atoms with van der Waals surface area (Å²) in [5.41, 5.74) is -15.1.